The van der Waals surface area contributed by atoms with Gasteiger partial charge in [0, 0.05) is 13.0 Å². The molecular weight excluding hydrogens is 328 g/mol. The number of fused-ring (bicyclic) bond motifs is 1. The largest absolute Gasteiger partial charge is 0.489 e. The van der Waals surface area contributed by atoms with Gasteiger partial charge in [0.15, 0.2) is 0 Å². The van der Waals surface area contributed by atoms with Crippen molar-refractivity contribution >= 4 is 11.8 Å². The van der Waals surface area contributed by atoms with E-state index in [1.807, 2.05) is 24.3 Å². The second-order valence-corrected chi connectivity index (χ2v) is 7.42. The normalized spacial score (nSPS) is 21.0. The van der Waals surface area contributed by atoms with Crippen LogP contribution in [0.3, 0.4) is 0 Å². The molecule has 0 radical (unpaired) electrons. The monoisotopic (exact) mass is 356 g/mol. The number of carbonyl (C=O) groups is 2. The number of rotatable bonds is 6. The Kier molecular flexibility index (Phi) is 5.96. The van der Waals surface area contributed by atoms with Crippen molar-refractivity contribution in [3.8, 4) is 5.75 Å². The Hall–Kier alpha value is -2.30. The summed E-state index contributed by atoms with van der Waals surface area (Å²) in [6.07, 6.45) is 8.54. The minimum atomic E-state index is -0.364. The van der Waals surface area contributed by atoms with Gasteiger partial charge in [0.25, 0.3) is 0 Å². The molecule has 0 aromatic heterocycles. The van der Waals surface area contributed by atoms with Crippen molar-refractivity contribution in [1.29, 1.82) is 0 Å². The summed E-state index contributed by atoms with van der Waals surface area (Å²) in [6, 6.07) is 7.92. The molecule has 2 N–H and O–H groups in total. The minimum absolute atomic E-state index is 0.0284. The van der Waals surface area contributed by atoms with E-state index < -0.39 is 0 Å². The van der Waals surface area contributed by atoms with Crippen molar-refractivity contribution < 1.29 is 14.3 Å². The van der Waals surface area contributed by atoms with Gasteiger partial charge in [0.2, 0.25) is 11.8 Å². The van der Waals surface area contributed by atoms with Gasteiger partial charge in [-0.1, -0.05) is 50.5 Å². The van der Waals surface area contributed by atoms with Gasteiger partial charge < -0.3 is 15.4 Å². The van der Waals surface area contributed by atoms with Crippen LogP contribution in [0.25, 0.3) is 0 Å². The van der Waals surface area contributed by atoms with Gasteiger partial charge in [-0.3, -0.25) is 9.59 Å². The average molecular weight is 356 g/mol. The number of benzene rings is 1. The Balaban J connectivity index is 1.54. The maximum absolute atomic E-state index is 12.5. The third-order valence-electron chi connectivity index (χ3n) is 5.39. The van der Waals surface area contributed by atoms with Crippen LogP contribution in [-0.4, -0.2) is 30.0 Å². The number of carbonyl (C=O) groups excluding carboxylic acids is 2. The molecule has 3 rings (SSSR count). The van der Waals surface area contributed by atoms with Crippen LogP contribution in [0.5, 0.6) is 5.75 Å². The predicted molar refractivity (Wildman–Crippen MR) is 101 cm³/mol. The van der Waals surface area contributed by atoms with Crippen LogP contribution in [0, 0.1) is 0 Å². The maximum Gasteiger partial charge on any atom is 0.243 e. The van der Waals surface area contributed by atoms with Gasteiger partial charge >= 0.3 is 0 Å². The fourth-order valence-electron chi connectivity index (χ4n) is 3.98. The molecule has 2 amide bonds. The molecule has 5 nitrogen and oxygen atoms in total. The van der Waals surface area contributed by atoms with Crippen LogP contribution >= 0.6 is 0 Å². The summed E-state index contributed by atoms with van der Waals surface area (Å²) in [5.41, 5.74) is 0.792. The molecule has 140 valence electrons. The van der Waals surface area contributed by atoms with E-state index >= 15 is 0 Å². The number of amides is 2. The zero-order valence-electron chi connectivity index (χ0n) is 15.3. The first-order valence-corrected chi connectivity index (χ1v) is 9.56. The Morgan fingerprint density at radius 3 is 2.62 bits per heavy atom. The number of hydrogen-bond donors (Lipinski definition) is 2. The van der Waals surface area contributed by atoms with Crippen LogP contribution < -0.4 is 15.4 Å². The average Bonchev–Trinajstić information content (AvgIpc) is 2.90. The van der Waals surface area contributed by atoms with Gasteiger partial charge in [-0.05, 0) is 30.5 Å². The van der Waals surface area contributed by atoms with Gasteiger partial charge in [-0.2, -0.15) is 0 Å². The molecule has 1 heterocycles. The zero-order valence-corrected chi connectivity index (χ0v) is 15.3. The topological polar surface area (TPSA) is 67.4 Å². The van der Waals surface area contributed by atoms with E-state index in [0.717, 1.165) is 43.4 Å². The summed E-state index contributed by atoms with van der Waals surface area (Å²) in [4.78, 5) is 24.3. The highest BCUT2D eigenvalue weighted by Gasteiger charge is 2.33. The van der Waals surface area contributed by atoms with Crippen molar-refractivity contribution in [1.82, 2.24) is 10.6 Å². The molecule has 1 saturated carbocycles. The van der Waals surface area contributed by atoms with Crippen molar-refractivity contribution in [2.75, 3.05) is 6.54 Å². The Bertz CT molecular complexity index is 638. The van der Waals surface area contributed by atoms with Gasteiger partial charge in [-0.25, -0.2) is 0 Å². The minimum Gasteiger partial charge on any atom is -0.489 e. The van der Waals surface area contributed by atoms with Crippen LogP contribution in [0.2, 0.25) is 0 Å². The summed E-state index contributed by atoms with van der Waals surface area (Å²) in [7, 11) is 0. The summed E-state index contributed by atoms with van der Waals surface area (Å²) in [5.74, 6) is 0.679. The van der Waals surface area contributed by atoms with Crippen LogP contribution in [0.4, 0.5) is 0 Å². The second kappa shape index (κ2) is 8.39. The standard InChI is InChI=1S/C21H28N2O3/c1-2-19(24)23-21(11-7-3-4-8-12-21)15-22-20(25)14-17-13-16-9-5-6-10-18(16)26-17/h2,5-6,9-10,17H,1,3-4,7-8,11-15H2,(H,22,25)(H,23,24). The summed E-state index contributed by atoms with van der Waals surface area (Å²) in [6.45, 7) is 4.01. The SMILES string of the molecule is C=CC(=O)NC1(CNC(=O)CC2Cc3ccccc3O2)CCCCCC1. The van der Waals surface area contributed by atoms with Crippen LogP contribution in [-0.2, 0) is 16.0 Å². The lowest BCUT2D eigenvalue weighted by molar-refractivity contribution is -0.124. The van der Waals surface area contributed by atoms with Crippen LogP contribution in [0.1, 0.15) is 50.5 Å². The van der Waals surface area contributed by atoms with E-state index in [9.17, 15) is 9.59 Å². The summed E-state index contributed by atoms with van der Waals surface area (Å²) >= 11 is 0. The molecular formula is C21H28N2O3. The first kappa shape index (κ1) is 18.5. The lowest BCUT2D eigenvalue weighted by atomic mass is 9.89. The van der Waals surface area contributed by atoms with Crippen molar-refractivity contribution in [3.63, 3.8) is 0 Å². The van der Waals surface area contributed by atoms with Gasteiger partial charge in [-0.15, -0.1) is 0 Å². The molecule has 1 aromatic rings. The third-order valence-corrected chi connectivity index (χ3v) is 5.39. The maximum atomic E-state index is 12.5. The Morgan fingerprint density at radius 2 is 1.92 bits per heavy atom. The predicted octanol–water partition coefficient (Wildman–Crippen LogP) is 2.89. The fourth-order valence-corrected chi connectivity index (χ4v) is 3.98. The highest BCUT2D eigenvalue weighted by molar-refractivity contribution is 5.87. The Morgan fingerprint density at radius 1 is 1.19 bits per heavy atom. The molecule has 1 aliphatic heterocycles. The highest BCUT2D eigenvalue weighted by Crippen LogP contribution is 2.30. The smallest absolute Gasteiger partial charge is 0.243 e. The third kappa shape index (κ3) is 4.65. The fraction of sp³-hybridized carbons (Fsp3) is 0.524. The molecule has 1 aromatic carbocycles. The second-order valence-electron chi connectivity index (χ2n) is 7.42. The number of ether oxygens (including phenoxy) is 1. The van der Waals surface area contributed by atoms with E-state index in [1.165, 1.54) is 18.9 Å². The van der Waals surface area contributed by atoms with E-state index in [2.05, 4.69) is 17.2 Å². The number of para-hydroxylation sites is 1. The number of nitrogens with one attached hydrogen (secondary N) is 2. The number of hydrogen-bond acceptors (Lipinski definition) is 3. The molecule has 2 aliphatic rings. The van der Waals surface area contributed by atoms with Gasteiger partial charge in [0.05, 0.1) is 12.0 Å². The van der Waals surface area contributed by atoms with E-state index in [4.69, 9.17) is 4.74 Å². The van der Waals surface area contributed by atoms with Gasteiger partial charge in [0.1, 0.15) is 11.9 Å². The molecule has 1 unspecified atom stereocenters. The van der Waals surface area contributed by atoms with E-state index in [-0.39, 0.29) is 23.5 Å². The molecule has 0 bridgehead atoms. The molecule has 1 fully saturated rings. The molecule has 26 heavy (non-hydrogen) atoms. The summed E-state index contributed by atoms with van der Waals surface area (Å²) in [5, 5.41) is 6.12. The lowest BCUT2D eigenvalue weighted by Gasteiger charge is -2.34. The van der Waals surface area contributed by atoms with E-state index in [0.29, 0.717) is 13.0 Å². The molecule has 1 aliphatic carbocycles. The summed E-state index contributed by atoms with van der Waals surface area (Å²) < 4.78 is 5.85. The highest BCUT2D eigenvalue weighted by atomic mass is 16.5. The zero-order chi connectivity index (χ0) is 18.4. The van der Waals surface area contributed by atoms with Crippen molar-refractivity contribution in [2.24, 2.45) is 0 Å². The first-order chi connectivity index (χ1) is 12.6. The van der Waals surface area contributed by atoms with E-state index in [1.54, 1.807) is 0 Å². The Labute approximate surface area is 155 Å². The van der Waals surface area contributed by atoms with Crippen LogP contribution in [0.15, 0.2) is 36.9 Å². The first-order valence-electron chi connectivity index (χ1n) is 9.56. The molecule has 5 heteroatoms. The quantitative estimate of drug-likeness (QED) is 0.608. The lowest BCUT2D eigenvalue weighted by Crippen LogP contribution is -2.55. The van der Waals surface area contributed by atoms with Crippen molar-refractivity contribution in [2.45, 2.75) is 63.0 Å². The van der Waals surface area contributed by atoms with Crippen molar-refractivity contribution in [3.05, 3.63) is 42.5 Å². The molecule has 1 atom stereocenters. The molecule has 0 saturated heterocycles. The molecule has 0 spiro atoms.